The van der Waals surface area contributed by atoms with Gasteiger partial charge in [0.25, 0.3) is 0 Å². The zero-order valence-corrected chi connectivity index (χ0v) is 8.01. The Labute approximate surface area is 79.2 Å². The zero-order valence-electron chi connectivity index (χ0n) is 8.01. The van der Waals surface area contributed by atoms with Crippen LogP contribution in [0.2, 0.25) is 0 Å². The van der Waals surface area contributed by atoms with Crippen molar-refractivity contribution in [3.05, 3.63) is 0 Å². The molecule has 0 bridgehead atoms. The van der Waals surface area contributed by atoms with Crippen LogP contribution >= 0.6 is 0 Å². The van der Waals surface area contributed by atoms with Crippen LogP contribution in [0.1, 0.15) is 38.5 Å². The number of hydrogen-bond acceptors (Lipinski definition) is 2. The Kier molecular flexibility index (Phi) is 4.60. The second kappa shape index (κ2) is 5.80. The molecule has 1 rings (SSSR count). The Morgan fingerprint density at radius 3 is 2.69 bits per heavy atom. The van der Waals surface area contributed by atoms with Gasteiger partial charge >= 0.3 is 6.03 Å². The van der Waals surface area contributed by atoms with E-state index in [2.05, 4.69) is 5.32 Å². The molecule has 0 aromatic carbocycles. The fourth-order valence-electron chi connectivity index (χ4n) is 1.94. The van der Waals surface area contributed by atoms with Crippen molar-refractivity contribution in [2.45, 2.75) is 38.5 Å². The second-order valence-electron chi connectivity index (χ2n) is 3.69. The smallest absolute Gasteiger partial charge is 0.328 e. The fraction of sp³-hybridized carbons (Fsp3) is 0.889. The average molecular weight is 185 g/mol. The van der Waals surface area contributed by atoms with Gasteiger partial charge in [0.2, 0.25) is 0 Å². The van der Waals surface area contributed by atoms with Crippen molar-refractivity contribution >= 4 is 6.03 Å². The molecule has 0 radical (unpaired) electrons. The molecule has 1 aliphatic rings. The van der Waals surface area contributed by atoms with Crippen molar-refractivity contribution in [3.63, 3.8) is 0 Å². The summed E-state index contributed by atoms with van der Waals surface area (Å²) in [6, 6.07) is -0.286. The normalized spacial score (nSPS) is 17.3. The van der Waals surface area contributed by atoms with Gasteiger partial charge in [0.1, 0.15) is 0 Å². The Morgan fingerprint density at radius 2 is 2.08 bits per heavy atom. The second-order valence-corrected chi connectivity index (χ2v) is 3.69. The molecule has 1 aliphatic carbocycles. The molecular formula is C9H19N3O. The van der Waals surface area contributed by atoms with Crippen LogP contribution in [0.5, 0.6) is 0 Å². The number of urea groups is 1. The molecule has 0 saturated heterocycles. The molecular weight excluding hydrogens is 166 g/mol. The number of carbonyl (C=O) groups excluding carboxylic acids is 1. The first-order chi connectivity index (χ1) is 6.33. The molecule has 4 N–H and O–H groups in total. The molecule has 0 spiro atoms. The molecule has 13 heavy (non-hydrogen) atoms. The summed E-state index contributed by atoms with van der Waals surface area (Å²) in [6.07, 6.45) is 7.85. The molecule has 0 aromatic rings. The Balaban J connectivity index is 1.91. The third kappa shape index (κ3) is 4.12. The van der Waals surface area contributed by atoms with E-state index >= 15 is 0 Å². The molecule has 0 atom stereocenters. The minimum atomic E-state index is -0.286. The first kappa shape index (κ1) is 10.3. The Morgan fingerprint density at radius 1 is 1.38 bits per heavy atom. The summed E-state index contributed by atoms with van der Waals surface area (Å²) in [5.41, 5.74) is 2.04. The lowest BCUT2D eigenvalue weighted by Crippen LogP contribution is -2.40. The van der Waals surface area contributed by atoms with Crippen molar-refractivity contribution in [1.82, 2.24) is 10.7 Å². The SMILES string of the molecule is NNC(=O)NCCCC1CCCC1. The van der Waals surface area contributed by atoms with Gasteiger partial charge in [-0.1, -0.05) is 25.7 Å². The molecule has 4 nitrogen and oxygen atoms in total. The van der Waals surface area contributed by atoms with Crippen molar-refractivity contribution in [2.75, 3.05) is 6.54 Å². The Bertz CT molecular complexity index is 155. The highest BCUT2D eigenvalue weighted by atomic mass is 16.2. The summed E-state index contributed by atoms with van der Waals surface area (Å²) in [7, 11) is 0. The van der Waals surface area contributed by atoms with E-state index in [0.717, 1.165) is 18.9 Å². The van der Waals surface area contributed by atoms with Gasteiger partial charge in [0.15, 0.2) is 0 Å². The maximum Gasteiger partial charge on any atom is 0.328 e. The molecule has 76 valence electrons. The van der Waals surface area contributed by atoms with Crippen LogP contribution in [0.15, 0.2) is 0 Å². The molecule has 2 amide bonds. The maximum absolute atomic E-state index is 10.7. The van der Waals surface area contributed by atoms with E-state index in [9.17, 15) is 4.79 Å². The minimum absolute atomic E-state index is 0.286. The van der Waals surface area contributed by atoms with E-state index in [4.69, 9.17) is 5.84 Å². The van der Waals surface area contributed by atoms with Crippen molar-refractivity contribution in [3.8, 4) is 0 Å². The number of amides is 2. The molecule has 0 unspecified atom stereocenters. The molecule has 1 saturated carbocycles. The zero-order chi connectivity index (χ0) is 9.52. The predicted octanol–water partition coefficient (Wildman–Crippen LogP) is 1.13. The highest BCUT2D eigenvalue weighted by Crippen LogP contribution is 2.28. The van der Waals surface area contributed by atoms with E-state index < -0.39 is 0 Å². The van der Waals surface area contributed by atoms with Crippen LogP contribution < -0.4 is 16.6 Å². The number of nitrogens with two attached hydrogens (primary N) is 1. The van der Waals surface area contributed by atoms with Crippen LogP contribution in [-0.4, -0.2) is 12.6 Å². The number of carbonyl (C=O) groups is 1. The Hall–Kier alpha value is -0.770. The molecule has 0 heterocycles. The lowest BCUT2D eigenvalue weighted by atomic mass is 10.0. The summed E-state index contributed by atoms with van der Waals surface area (Å²) in [6.45, 7) is 0.736. The van der Waals surface area contributed by atoms with E-state index in [1.807, 2.05) is 5.43 Å². The van der Waals surface area contributed by atoms with Gasteiger partial charge in [-0.05, 0) is 18.8 Å². The summed E-state index contributed by atoms with van der Waals surface area (Å²) < 4.78 is 0. The fourth-order valence-corrected chi connectivity index (χ4v) is 1.94. The minimum Gasteiger partial charge on any atom is -0.337 e. The largest absolute Gasteiger partial charge is 0.337 e. The van der Waals surface area contributed by atoms with Crippen molar-refractivity contribution in [1.29, 1.82) is 0 Å². The van der Waals surface area contributed by atoms with Gasteiger partial charge in [-0.15, -0.1) is 0 Å². The van der Waals surface area contributed by atoms with E-state index in [1.165, 1.54) is 32.1 Å². The summed E-state index contributed by atoms with van der Waals surface area (Å²) in [5.74, 6) is 5.82. The molecule has 0 aromatic heterocycles. The highest BCUT2D eigenvalue weighted by molar-refractivity contribution is 5.72. The first-order valence-corrected chi connectivity index (χ1v) is 5.07. The summed E-state index contributed by atoms with van der Waals surface area (Å²) in [5, 5.41) is 2.68. The number of hydrogen-bond donors (Lipinski definition) is 3. The third-order valence-electron chi connectivity index (χ3n) is 2.68. The lowest BCUT2D eigenvalue weighted by molar-refractivity contribution is 0.240. The van der Waals surface area contributed by atoms with Gasteiger partial charge < -0.3 is 5.32 Å². The average Bonchev–Trinajstić information content (AvgIpc) is 2.64. The number of hydrazine groups is 1. The van der Waals surface area contributed by atoms with Crippen LogP contribution in [0.25, 0.3) is 0 Å². The highest BCUT2D eigenvalue weighted by Gasteiger charge is 2.13. The lowest BCUT2D eigenvalue weighted by Gasteiger charge is -2.08. The van der Waals surface area contributed by atoms with Gasteiger partial charge in [-0.25, -0.2) is 10.6 Å². The molecule has 1 fully saturated rings. The number of nitrogens with one attached hydrogen (secondary N) is 2. The van der Waals surface area contributed by atoms with E-state index in [1.54, 1.807) is 0 Å². The standard InChI is InChI=1S/C9H19N3O/c10-12-9(13)11-7-3-6-8-4-1-2-5-8/h8H,1-7,10H2,(H2,11,12,13). The molecule has 0 aliphatic heterocycles. The van der Waals surface area contributed by atoms with Crippen LogP contribution in [0, 0.1) is 5.92 Å². The maximum atomic E-state index is 10.7. The topological polar surface area (TPSA) is 67.1 Å². The quantitative estimate of drug-likeness (QED) is 0.266. The van der Waals surface area contributed by atoms with Crippen LogP contribution in [0.4, 0.5) is 4.79 Å². The van der Waals surface area contributed by atoms with Crippen molar-refractivity contribution < 1.29 is 4.79 Å². The van der Waals surface area contributed by atoms with E-state index in [-0.39, 0.29) is 6.03 Å². The van der Waals surface area contributed by atoms with E-state index in [0.29, 0.717) is 0 Å². The van der Waals surface area contributed by atoms with Crippen molar-refractivity contribution in [2.24, 2.45) is 11.8 Å². The number of rotatable bonds is 4. The first-order valence-electron chi connectivity index (χ1n) is 5.07. The summed E-state index contributed by atoms with van der Waals surface area (Å²) >= 11 is 0. The summed E-state index contributed by atoms with van der Waals surface area (Å²) in [4.78, 5) is 10.7. The van der Waals surface area contributed by atoms with Gasteiger partial charge in [-0.2, -0.15) is 0 Å². The third-order valence-corrected chi connectivity index (χ3v) is 2.68. The van der Waals surface area contributed by atoms with Crippen LogP contribution in [-0.2, 0) is 0 Å². The van der Waals surface area contributed by atoms with Gasteiger partial charge in [0, 0.05) is 6.54 Å². The van der Waals surface area contributed by atoms with Crippen LogP contribution in [0.3, 0.4) is 0 Å². The monoisotopic (exact) mass is 185 g/mol. The van der Waals surface area contributed by atoms with Gasteiger partial charge in [-0.3, -0.25) is 5.43 Å². The van der Waals surface area contributed by atoms with Gasteiger partial charge in [0.05, 0.1) is 0 Å². The predicted molar refractivity (Wildman–Crippen MR) is 51.9 cm³/mol. The molecule has 4 heteroatoms.